The first-order valence-corrected chi connectivity index (χ1v) is 8.13. The Morgan fingerprint density at radius 2 is 1.56 bits per heavy atom. The molecule has 0 bridgehead atoms. The number of hydrogen-bond acceptors (Lipinski definition) is 6. The molecular weight excluding hydrogens is 314 g/mol. The lowest BCUT2D eigenvalue weighted by atomic mass is 10.0. The molecule has 0 amide bonds. The summed E-state index contributed by atoms with van der Waals surface area (Å²) in [7, 11) is 0. The van der Waals surface area contributed by atoms with Gasteiger partial charge in [0, 0.05) is 24.3 Å². The van der Waals surface area contributed by atoms with Crippen LogP contribution in [0.5, 0.6) is 0 Å². The first-order valence-electron chi connectivity index (χ1n) is 8.13. The smallest absolute Gasteiger partial charge is 0.151 e. The van der Waals surface area contributed by atoms with E-state index in [0.717, 1.165) is 43.0 Å². The Kier molecular flexibility index (Phi) is 5.19. The summed E-state index contributed by atoms with van der Waals surface area (Å²) >= 11 is 0. The summed E-state index contributed by atoms with van der Waals surface area (Å²) in [6.45, 7) is 3.41. The second-order valence-electron chi connectivity index (χ2n) is 5.77. The van der Waals surface area contributed by atoms with Crippen molar-refractivity contribution in [2.75, 3.05) is 31.2 Å². The van der Waals surface area contributed by atoms with Crippen molar-refractivity contribution >= 4 is 11.4 Å². The molecule has 0 saturated carbocycles. The van der Waals surface area contributed by atoms with Crippen LogP contribution in [0.1, 0.15) is 5.56 Å². The van der Waals surface area contributed by atoms with E-state index < -0.39 is 0 Å². The first kappa shape index (κ1) is 16.8. The van der Waals surface area contributed by atoms with Crippen LogP contribution in [-0.2, 0) is 4.74 Å². The van der Waals surface area contributed by atoms with Gasteiger partial charge in [0.05, 0.1) is 18.9 Å². The molecule has 1 fully saturated rings. The molecule has 25 heavy (non-hydrogen) atoms. The molecule has 1 heterocycles. The summed E-state index contributed by atoms with van der Waals surface area (Å²) in [5, 5.41) is 8.98. The van der Waals surface area contributed by atoms with Gasteiger partial charge < -0.3 is 20.8 Å². The van der Waals surface area contributed by atoms with Crippen LogP contribution in [0.25, 0.3) is 16.8 Å². The van der Waals surface area contributed by atoms with Crippen LogP contribution in [0.4, 0.5) is 5.69 Å². The van der Waals surface area contributed by atoms with Gasteiger partial charge in [0.2, 0.25) is 0 Å². The zero-order valence-electron chi connectivity index (χ0n) is 13.9. The third kappa shape index (κ3) is 3.74. The average Bonchev–Trinajstić information content (AvgIpc) is 2.70. The SMILES string of the molecule is N#C/C(NN)=C(/N)c1ccc(-c2ccc(N3CCOCC3)cc2)cc1. The topological polar surface area (TPSA) is 100 Å². The molecule has 0 aliphatic carbocycles. The molecule has 1 aliphatic heterocycles. The molecule has 3 rings (SSSR count). The van der Waals surface area contributed by atoms with Gasteiger partial charge in [0.15, 0.2) is 5.70 Å². The largest absolute Gasteiger partial charge is 0.396 e. The summed E-state index contributed by atoms with van der Waals surface area (Å²) < 4.78 is 5.39. The molecule has 1 saturated heterocycles. The van der Waals surface area contributed by atoms with Crippen molar-refractivity contribution in [1.82, 2.24) is 5.43 Å². The van der Waals surface area contributed by atoms with E-state index in [-0.39, 0.29) is 5.70 Å². The number of morpholine rings is 1. The minimum Gasteiger partial charge on any atom is -0.396 e. The molecule has 0 unspecified atom stereocenters. The number of nitrogens with zero attached hydrogens (tertiary/aromatic N) is 2. The molecule has 6 nitrogen and oxygen atoms in total. The van der Waals surface area contributed by atoms with E-state index >= 15 is 0 Å². The van der Waals surface area contributed by atoms with Gasteiger partial charge in [-0.2, -0.15) is 5.26 Å². The first-order chi connectivity index (χ1) is 12.2. The van der Waals surface area contributed by atoms with E-state index in [1.54, 1.807) is 0 Å². The maximum absolute atomic E-state index is 8.98. The number of ether oxygens (including phenoxy) is 1. The number of anilines is 1. The number of nitrogens with two attached hydrogens (primary N) is 2. The maximum atomic E-state index is 8.98. The lowest BCUT2D eigenvalue weighted by Gasteiger charge is -2.28. The van der Waals surface area contributed by atoms with Crippen molar-refractivity contribution in [3.63, 3.8) is 0 Å². The van der Waals surface area contributed by atoms with Crippen molar-refractivity contribution in [3.8, 4) is 17.2 Å². The maximum Gasteiger partial charge on any atom is 0.151 e. The highest BCUT2D eigenvalue weighted by Crippen LogP contribution is 2.25. The van der Waals surface area contributed by atoms with Gasteiger partial charge in [-0.3, -0.25) is 0 Å². The number of nitriles is 1. The summed E-state index contributed by atoms with van der Waals surface area (Å²) in [6.07, 6.45) is 0. The summed E-state index contributed by atoms with van der Waals surface area (Å²) in [6, 6.07) is 18.2. The van der Waals surface area contributed by atoms with Gasteiger partial charge in [-0.1, -0.05) is 36.4 Å². The predicted molar refractivity (Wildman–Crippen MR) is 99.0 cm³/mol. The lowest BCUT2D eigenvalue weighted by molar-refractivity contribution is 0.122. The quantitative estimate of drug-likeness (QED) is 0.447. The number of hydrazine groups is 1. The van der Waals surface area contributed by atoms with Crippen LogP contribution >= 0.6 is 0 Å². The molecule has 0 spiro atoms. The molecule has 0 atom stereocenters. The van der Waals surface area contributed by atoms with Gasteiger partial charge in [-0.05, 0) is 23.3 Å². The molecule has 2 aromatic rings. The molecule has 0 radical (unpaired) electrons. The molecule has 1 aliphatic rings. The van der Waals surface area contributed by atoms with Crippen LogP contribution in [0.15, 0.2) is 54.2 Å². The van der Waals surface area contributed by atoms with Crippen LogP contribution in [0.2, 0.25) is 0 Å². The van der Waals surface area contributed by atoms with Gasteiger partial charge >= 0.3 is 0 Å². The number of nitrogens with one attached hydrogen (secondary N) is 1. The average molecular weight is 335 g/mol. The predicted octanol–water partition coefficient (Wildman–Crippen LogP) is 1.80. The van der Waals surface area contributed by atoms with E-state index in [1.165, 1.54) is 5.69 Å². The van der Waals surface area contributed by atoms with Crippen LogP contribution < -0.4 is 21.9 Å². The third-order valence-corrected chi connectivity index (χ3v) is 4.30. The lowest BCUT2D eigenvalue weighted by Crippen LogP contribution is -2.36. The van der Waals surface area contributed by atoms with E-state index in [1.807, 2.05) is 30.3 Å². The number of hydrogen-bond donors (Lipinski definition) is 3. The van der Waals surface area contributed by atoms with Gasteiger partial charge in [-0.15, -0.1) is 0 Å². The molecular formula is C19H21N5O. The Hall–Kier alpha value is -3.01. The highest BCUT2D eigenvalue weighted by atomic mass is 16.5. The van der Waals surface area contributed by atoms with E-state index in [9.17, 15) is 0 Å². The fourth-order valence-corrected chi connectivity index (χ4v) is 2.84. The second kappa shape index (κ2) is 7.71. The zero-order valence-corrected chi connectivity index (χ0v) is 13.9. The van der Waals surface area contributed by atoms with E-state index in [4.69, 9.17) is 21.6 Å². The Labute approximate surface area is 147 Å². The zero-order chi connectivity index (χ0) is 17.6. The molecule has 2 aromatic carbocycles. The van der Waals surface area contributed by atoms with Crippen molar-refractivity contribution in [1.29, 1.82) is 5.26 Å². The van der Waals surface area contributed by atoms with Crippen molar-refractivity contribution in [2.45, 2.75) is 0 Å². The summed E-state index contributed by atoms with van der Waals surface area (Å²) in [5.74, 6) is 5.30. The fraction of sp³-hybridized carbons (Fsp3) is 0.211. The van der Waals surface area contributed by atoms with Crippen molar-refractivity contribution < 1.29 is 4.74 Å². The Morgan fingerprint density at radius 1 is 1.00 bits per heavy atom. The van der Waals surface area contributed by atoms with E-state index in [2.05, 4.69) is 34.6 Å². The van der Waals surface area contributed by atoms with Crippen LogP contribution in [-0.4, -0.2) is 26.3 Å². The minimum atomic E-state index is 0.155. The third-order valence-electron chi connectivity index (χ3n) is 4.30. The van der Waals surface area contributed by atoms with Gasteiger partial charge in [0.25, 0.3) is 0 Å². The Balaban J connectivity index is 1.78. The number of benzene rings is 2. The molecule has 6 heteroatoms. The molecule has 128 valence electrons. The Bertz CT molecular complexity index is 784. The Morgan fingerprint density at radius 3 is 2.08 bits per heavy atom. The van der Waals surface area contributed by atoms with Crippen LogP contribution in [0, 0.1) is 11.3 Å². The standard InChI is InChI=1S/C19H21N5O/c20-13-18(23-22)19(21)16-3-1-14(2-4-16)15-5-7-17(8-6-15)24-9-11-25-12-10-24/h1-8,23H,9-12,21-22H2/b19-18-. The van der Waals surface area contributed by atoms with E-state index in [0.29, 0.717) is 5.70 Å². The molecule has 5 N–H and O–H groups in total. The summed E-state index contributed by atoms with van der Waals surface area (Å²) in [4.78, 5) is 2.32. The molecule has 0 aromatic heterocycles. The minimum absolute atomic E-state index is 0.155. The number of rotatable bonds is 4. The van der Waals surface area contributed by atoms with Gasteiger partial charge in [-0.25, -0.2) is 5.84 Å². The van der Waals surface area contributed by atoms with Crippen LogP contribution in [0.3, 0.4) is 0 Å². The monoisotopic (exact) mass is 335 g/mol. The van der Waals surface area contributed by atoms with Crippen molar-refractivity contribution in [2.24, 2.45) is 11.6 Å². The summed E-state index contributed by atoms with van der Waals surface area (Å²) in [5.41, 5.74) is 12.9. The second-order valence-corrected chi connectivity index (χ2v) is 5.77. The number of allylic oxidation sites excluding steroid dienone is 1. The highest BCUT2D eigenvalue weighted by Gasteiger charge is 2.11. The normalized spacial score (nSPS) is 15.3. The van der Waals surface area contributed by atoms with Gasteiger partial charge in [0.1, 0.15) is 6.07 Å². The highest BCUT2D eigenvalue weighted by molar-refractivity contribution is 5.72. The fourth-order valence-electron chi connectivity index (χ4n) is 2.84. The van der Waals surface area contributed by atoms with Crippen molar-refractivity contribution in [3.05, 3.63) is 59.8 Å².